The monoisotopic (exact) mass is 260 g/mol. The summed E-state index contributed by atoms with van der Waals surface area (Å²) in [6.07, 6.45) is 3.27. The quantitative estimate of drug-likeness (QED) is 0.835. The topological polar surface area (TPSA) is 58.6 Å². The molecule has 5 heteroatoms. The lowest BCUT2D eigenvalue weighted by Crippen LogP contribution is -2.37. The molecule has 0 unspecified atom stereocenters. The lowest BCUT2D eigenvalue weighted by Gasteiger charge is -2.28. The highest BCUT2D eigenvalue weighted by atomic mass is 16.5. The summed E-state index contributed by atoms with van der Waals surface area (Å²) in [5.41, 5.74) is 1.03. The number of fused-ring (bicyclic) bond motifs is 1. The van der Waals surface area contributed by atoms with Crippen molar-refractivity contribution in [1.29, 1.82) is 0 Å². The van der Waals surface area contributed by atoms with Crippen molar-refractivity contribution in [1.82, 2.24) is 4.90 Å². The summed E-state index contributed by atoms with van der Waals surface area (Å²) in [6.45, 7) is 1.59. The molecular weight excluding hydrogens is 244 g/mol. The molecule has 0 radical (unpaired) electrons. The van der Waals surface area contributed by atoms with Crippen LogP contribution in [0, 0.1) is 0 Å². The molecule has 2 aliphatic heterocycles. The predicted molar refractivity (Wildman–Crippen MR) is 70.3 cm³/mol. The zero-order valence-electron chi connectivity index (χ0n) is 10.6. The van der Waals surface area contributed by atoms with E-state index in [1.54, 1.807) is 18.2 Å². The van der Waals surface area contributed by atoms with Gasteiger partial charge in [0.15, 0.2) is 6.61 Å². The first-order valence-electron chi connectivity index (χ1n) is 6.60. The smallest absolute Gasteiger partial charge is 0.262 e. The van der Waals surface area contributed by atoms with Crippen molar-refractivity contribution < 1.29 is 14.3 Å². The fraction of sp³-hybridized carbons (Fsp3) is 0.429. The average molecular weight is 260 g/mol. The van der Waals surface area contributed by atoms with Crippen molar-refractivity contribution in [3.63, 3.8) is 0 Å². The molecule has 0 bridgehead atoms. The molecule has 100 valence electrons. The Labute approximate surface area is 111 Å². The van der Waals surface area contributed by atoms with Gasteiger partial charge in [-0.2, -0.15) is 0 Å². The van der Waals surface area contributed by atoms with Crippen molar-refractivity contribution in [2.24, 2.45) is 0 Å². The largest absolute Gasteiger partial charge is 0.482 e. The second-order valence-corrected chi connectivity index (χ2v) is 4.87. The third kappa shape index (κ3) is 2.28. The third-order valence-electron chi connectivity index (χ3n) is 3.52. The van der Waals surface area contributed by atoms with Gasteiger partial charge in [0.25, 0.3) is 11.8 Å². The summed E-state index contributed by atoms with van der Waals surface area (Å²) in [6, 6.07) is 5.29. The van der Waals surface area contributed by atoms with Crippen LogP contribution in [-0.4, -0.2) is 36.4 Å². The number of hydrogen-bond donors (Lipinski definition) is 1. The normalized spacial score (nSPS) is 18.3. The van der Waals surface area contributed by atoms with Crippen LogP contribution >= 0.6 is 0 Å². The van der Waals surface area contributed by atoms with Gasteiger partial charge in [0, 0.05) is 13.1 Å². The van der Waals surface area contributed by atoms with E-state index >= 15 is 0 Å². The number of benzene rings is 1. The SMILES string of the molecule is O=C1COc2cccc(C(=O)N3CCCCC3)c2N1. The Hall–Kier alpha value is -2.04. The van der Waals surface area contributed by atoms with E-state index in [9.17, 15) is 9.59 Å². The highest BCUT2D eigenvalue weighted by Crippen LogP contribution is 2.32. The summed E-state index contributed by atoms with van der Waals surface area (Å²) in [5.74, 6) is 0.330. The van der Waals surface area contributed by atoms with Crippen LogP contribution in [0.15, 0.2) is 18.2 Å². The van der Waals surface area contributed by atoms with Gasteiger partial charge in [0.1, 0.15) is 5.75 Å². The van der Waals surface area contributed by atoms with Crippen LogP contribution in [0.5, 0.6) is 5.75 Å². The molecule has 5 nitrogen and oxygen atoms in total. The molecule has 1 aromatic rings. The molecule has 2 amide bonds. The number of amides is 2. The van der Waals surface area contributed by atoms with E-state index in [0.29, 0.717) is 17.0 Å². The number of carbonyl (C=O) groups is 2. The summed E-state index contributed by atoms with van der Waals surface area (Å²) < 4.78 is 5.33. The molecule has 0 aromatic heterocycles. The van der Waals surface area contributed by atoms with Crippen molar-refractivity contribution in [3.05, 3.63) is 23.8 Å². The van der Waals surface area contributed by atoms with E-state index in [0.717, 1.165) is 25.9 Å². The van der Waals surface area contributed by atoms with Gasteiger partial charge < -0.3 is 15.0 Å². The molecule has 3 rings (SSSR count). The number of rotatable bonds is 1. The van der Waals surface area contributed by atoms with Crippen LogP contribution in [0.25, 0.3) is 0 Å². The van der Waals surface area contributed by atoms with Gasteiger partial charge in [-0.1, -0.05) is 6.07 Å². The Balaban J connectivity index is 1.91. The zero-order chi connectivity index (χ0) is 13.2. The minimum Gasteiger partial charge on any atom is -0.482 e. The number of piperidine rings is 1. The van der Waals surface area contributed by atoms with Crippen molar-refractivity contribution in [2.75, 3.05) is 25.0 Å². The molecule has 1 aromatic carbocycles. The van der Waals surface area contributed by atoms with Crippen LogP contribution in [0.2, 0.25) is 0 Å². The van der Waals surface area contributed by atoms with Crippen LogP contribution in [0.3, 0.4) is 0 Å². The number of para-hydroxylation sites is 1. The Kier molecular flexibility index (Phi) is 3.11. The maximum atomic E-state index is 12.5. The van der Waals surface area contributed by atoms with Crippen molar-refractivity contribution >= 4 is 17.5 Å². The molecule has 0 spiro atoms. The van der Waals surface area contributed by atoms with Gasteiger partial charge in [0.2, 0.25) is 0 Å². The van der Waals surface area contributed by atoms with Crippen LogP contribution in [-0.2, 0) is 4.79 Å². The third-order valence-corrected chi connectivity index (χ3v) is 3.52. The number of hydrogen-bond acceptors (Lipinski definition) is 3. The molecule has 1 fully saturated rings. The van der Waals surface area contributed by atoms with Crippen molar-refractivity contribution in [2.45, 2.75) is 19.3 Å². The van der Waals surface area contributed by atoms with Gasteiger partial charge in [0.05, 0.1) is 11.3 Å². The van der Waals surface area contributed by atoms with Gasteiger partial charge in [-0.3, -0.25) is 9.59 Å². The molecule has 19 heavy (non-hydrogen) atoms. The Morgan fingerprint density at radius 2 is 2.00 bits per heavy atom. The number of nitrogens with zero attached hydrogens (tertiary/aromatic N) is 1. The number of likely N-dealkylation sites (tertiary alicyclic amines) is 1. The second-order valence-electron chi connectivity index (χ2n) is 4.87. The first-order valence-corrected chi connectivity index (χ1v) is 6.60. The summed E-state index contributed by atoms with van der Waals surface area (Å²) in [5, 5.41) is 2.74. The van der Waals surface area contributed by atoms with E-state index in [-0.39, 0.29) is 18.4 Å². The van der Waals surface area contributed by atoms with Crippen LogP contribution in [0.1, 0.15) is 29.6 Å². The fourth-order valence-electron chi connectivity index (χ4n) is 2.54. The molecule has 1 saturated heterocycles. The van der Waals surface area contributed by atoms with E-state index < -0.39 is 0 Å². The minimum atomic E-state index is -0.216. The predicted octanol–water partition coefficient (Wildman–Crippen LogP) is 1.64. The highest BCUT2D eigenvalue weighted by molar-refractivity contribution is 6.06. The lowest BCUT2D eigenvalue weighted by atomic mass is 10.1. The van der Waals surface area contributed by atoms with Crippen LogP contribution < -0.4 is 10.1 Å². The fourth-order valence-corrected chi connectivity index (χ4v) is 2.54. The van der Waals surface area contributed by atoms with Gasteiger partial charge in [-0.05, 0) is 31.4 Å². The maximum Gasteiger partial charge on any atom is 0.262 e. The summed E-state index contributed by atoms with van der Waals surface area (Å²) in [4.78, 5) is 25.8. The first kappa shape index (κ1) is 12.0. The number of ether oxygens (including phenoxy) is 1. The molecule has 2 aliphatic rings. The number of carbonyl (C=O) groups excluding carboxylic acids is 2. The Morgan fingerprint density at radius 3 is 2.79 bits per heavy atom. The molecular formula is C14H16N2O3. The number of anilines is 1. The Bertz CT molecular complexity index is 521. The molecule has 1 N–H and O–H groups in total. The molecule has 0 aliphatic carbocycles. The van der Waals surface area contributed by atoms with E-state index in [2.05, 4.69) is 5.32 Å². The lowest BCUT2D eigenvalue weighted by molar-refractivity contribution is -0.118. The van der Waals surface area contributed by atoms with Gasteiger partial charge >= 0.3 is 0 Å². The number of nitrogens with one attached hydrogen (secondary N) is 1. The Morgan fingerprint density at radius 1 is 1.21 bits per heavy atom. The van der Waals surface area contributed by atoms with Crippen molar-refractivity contribution in [3.8, 4) is 5.75 Å². The van der Waals surface area contributed by atoms with Gasteiger partial charge in [-0.25, -0.2) is 0 Å². The van der Waals surface area contributed by atoms with Gasteiger partial charge in [-0.15, -0.1) is 0 Å². The second kappa shape index (κ2) is 4.91. The summed E-state index contributed by atoms with van der Waals surface area (Å²) >= 11 is 0. The standard InChI is InChI=1S/C14H16N2O3/c17-12-9-19-11-6-4-5-10(13(11)15-12)14(18)16-7-2-1-3-8-16/h4-6H,1-3,7-9H2,(H,15,17). The zero-order valence-corrected chi connectivity index (χ0v) is 10.6. The highest BCUT2D eigenvalue weighted by Gasteiger charge is 2.25. The average Bonchev–Trinajstić information content (AvgIpc) is 2.47. The molecule has 2 heterocycles. The minimum absolute atomic E-state index is 0.00829. The molecule has 0 saturated carbocycles. The summed E-state index contributed by atoms with van der Waals surface area (Å²) in [7, 11) is 0. The maximum absolute atomic E-state index is 12.5. The van der Waals surface area contributed by atoms with E-state index in [1.807, 2.05) is 4.90 Å². The van der Waals surface area contributed by atoms with E-state index in [4.69, 9.17) is 4.74 Å². The molecule has 0 atom stereocenters. The van der Waals surface area contributed by atoms with E-state index in [1.165, 1.54) is 6.42 Å². The first-order chi connectivity index (χ1) is 9.25. The van der Waals surface area contributed by atoms with Crippen LogP contribution in [0.4, 0.5) is 5.69 Å².